The normalized spacial score (nSPS) is 28.5. The van der Waals surface area contributed by atoms with Crippen molar-refractivity contribution in [1.29, 1.82) is 0 Å². The Morgan fingerprint density at radius 3 is 2.79 bits per heavy atom. The molecule has 2 N–H and O–H groups in total. The van der Waals surface area contributed by atoms with Crippen LogP contribution in [0.15, 0.2) is 0 Å². The SMILES string of the molecule is C[C@@H](NC(=O)NC1CC1)[C@@H]1CCCO1. The topological polar surface area (TPSA) is 50.4 Å². The highest BCUT2D eigenvalue weighted by Crippen LogP contribution is 2.19. The second-order valence-corrected chi connectivity index (χ2v) is 4.23. The Morgan fingerprint density at radius 2 is 2.21 bits per heavy atom. The maximum atomic E-state index is 11.4. The summed E-state index contributed by atoms with van der Waals surface area (Å²) in [7, 11) is 0. The van der Waals surface area contributed by atoms with Gasteiger partial charge in [-0.05, 0) is 32.6 Å². The molecule has 2 amide bonds. The summed E-state index contributed by atoms with van der Waals surface area (Å²) in [6.07, 6.45) is 4.63. The third kappa shape index (κ3) is 2.61. The molecule has 2 fully saturated rings. The Hall–Kier alpha value is -0.770. The lowest BCUT2D eigenvalue weighted by Gasteiger charge is -2.20. The minimum absolute atomic E-state index is 0.0458. The molecule has 14 heavy (non-hydrogen) atoms. The van der Waals surface area contributed by atoms with E-state index in [1.165, 1.54) is 0 Å². The highest BCUT2D eigenvalue weighted by Gasteiger charge is 2.26. The summed E-state index contributed by atoms with van der Waals surface area (Å²) in [4.78, 5) is 11.4. The molecule has 0 unspecified atom stereocenters. The Bertz CT molecular complexity index is 210. The molecule has 0 aromatic carbocycles. The predicted octanol–water partition coefficient (Wildman–Crippen LogP) is 1.02. The van der Waals surface area contributed by atoms with E-state index in [4.69, 9.17) is 4.74 Å². The zero-order valence-electron chi connectivity index (χ0n) is 8.58. The van der Waals surface area contributed by atoms with E-state index in [9.17, 15) is 4.79 Å². The van der Waals surface area contributed by atoms with E-state index < -0.39 is 0 Å². The van der Waals surface area contributed by atoms with Crippen LogP contribution in [0.3, 0.4) is 0 Å². The number of hydrogen-bond acceptors (Lipinski definition) is 2. The number of ether oxygens (including phenoxy) is 1. The fourth-order valence-corrected chi connectivity index (χ4v) is 1.75. The van der Waals surface area contributed by atoms with Gasteiger partial charge in [-0.1, -0.05) is 0 Å². The van der Waals surface area contributed by atoms with Gasteiger partial charge in [-0.15, -0.1) is 0 Å². The van der Waals surface area contributed by atoms with Crippen LogP contribution >= 0.6 is 0 Å². The standard InChI is InChI=1S/C10H18N2O2/c1-7(9-3-2-6-14-9)11-10(13)12-8-4-5-8/h7-9H,2-6H2,1H3,(H2,11,12,13)/t7-,9+/m1/s1. The van der Waals surface area contributed by atoms with Crippen LogP contribution in [0.1, 0.15) is 32.6 Å². The molecule has 4 nitrogen and oxygen atoms in total. The third-order valence-corrected chi connectivity index (χ3v) is 2.79. The van der Waals surface area contributed by atoms with Gasteiger partial charge >= 0.3 is 6.03 Å². The van der Waals surface area contributed by atoms with Crippen molar-refractivity contribution in [1.82, 2.24) is 10.6 Å². The summed E-state index contributed by atoms with van der Waals surface area (Å²) in [5.74, 6) is 0. The average molecular weight is 198 g/mol. The summed E-state index contributed by atoms with van der Waals surface area (Å²) in [6, 6.07) is 0.499. The highest BCUT2D eigenvalue weighted by molar-refractivity contribution is 5.74. The van der Waals surface area contributed by atoms with E-state index in [1.54, 1.807) is 0 Å². The zero-order chi connectivity index (χ0) is 9.97. The first kappa shape index (κ1) is 9.77. The van der Waals surface area contributed by atoms with Crippen molar-refractivity contribution in [3.8, 4) is 0 Å². The van der Waals surface area contributed by atoms with E-state index >= 15 is 0 Å². The average Bonchev–Trinajstić information content (AvgIpc) is 2.80. The number of carbonyl (C=O) groups is 1. The van der Waals surface area contributed by atoms with Crippen LogP contribution in [0.25, 0.3) is 0 Å². The molecule has 1 saturated heterocycles. The zero-order valence-corrected chi connectivity index (χ0v) is 8.58. The summed E-state index contributed by atoms with van der Waals surface area (Å²) in [5, 5.41) is 5.82. The number of rotatable bonds is 3. The first-order valence-electron chi connectivity index (χ1n) is 5.44. The number of amides is 2. The van der Waals surface area contributed by atoms with Crippen molar-refractivity contribution in [2.24, 2.45) is 0 Å². The summed E-state index contributed by atoms with van der Waals surface area (Å²) < 4.78 is 5.49. The molecule has 1 aliphatic heterocycles. The molecular formula is C10H18N2O2. The summed E-state index contributed by atoms with van der Waals surface area (Å²) in [6.45, 7) is 2.84. The molecular weight excluding hydrogens is 180 g/mol. The highest BCUT2D eigenvalue weighted by atomic mass is 16.5. The van der Waals surface area contributed by atoms with E-state index in [0.717, 1.165) is 32.3 Å². The van der Waals surface area contributed by atoms with Crippen molar-refractivity contribution in [3.05, 3.63) is 0 Å². The molecule has 0 aromatic rings. The lowest BCUT2D eigenvalue weighted by molar-refractivity contribution is 0.0860. The first-order valence-corrected chi connectivity index (χ1v) is 5.44. The largest absolute Gasteiger partial charge is 0.376 e. The molecule has 1 aliphatic carbocycles. The van der Waals surface area contributed by atoms with E-state index in [0.29, 0.717) is 6.04 Å². The second kappa shape index (κ2) is 4.17. The fourth-order valence-electron chi connectivity index (χ4n) is 1.75. The van der Waals surface area contributed by atoms with Gasteiger partial charge < -0.3 is 15.4 Å². The van der Waals surface area contributed by atoms with Crippen LogP contribution in [-0.4, -0.2) is 30.8 Å². The van der Waals surface area contributed by atoms with Crippen molar-refractivity contribution in [3.63, 3.8) is 0 Å². The van der Waals surface area contributed by atoms with Gasteiger partial charge in [-0.2, -0.15) is 0 Å². The first-order chi connectivity index (χ1) is 6.75. The van der Waals surface area contributed by atoms with Gasteiger partial charge in [0.2, 0.25) is 0 Å². The Balaban J connectivity index is 1.69. The Morgan fingerprint density at radius 1 is 1.43 bits per heavy atom. The maximum Gasteiger partial charge on any atom is 0.315 e. The van der Waals surface area contributed by atoms with Crippen molar-refractivity contribution < 1.29 is 9.53 Å². The summed E-state index contributed by atoms with van der Waals surface area (Å²) in [5.41, 5.74) is 0. The van der Waals surface area contributed by atoms with Gasteiger partial charge in [0.1, 0.15) is 0 Å². The van der Waals surface area contributed by atoms with Gasteiger partial charge in [0.05, 0.1) is 12.1 Å². The van der Waals surface area contributed by atoms with Crippen LogP contribution in [0.5, 0.6) is 0 Å². The smallest absolute Gasteiger partial charge is 0.315 e. The lowest BCUT2D eigenvalue weighted by Crippen LogP contribution is -2.46. The molecule has 0 bridgehead atoms. The molecule has 2 aliphatic rings. The molecule has 0 aromatic heterocycles. The minimum Gasteiger partial charge on any atom is -0.376 e. The van der Waals surface area contributed by atoms with Crippen LogP contribution in [0.2, 0.25) is 0 Å². The predicted molar refractivity (Wildman–Crippen MR) is 53.1 cm³/mol. The van der Waals surface area contributed by atoms with Gasteiger partial charge in [-0.3, -0.25) is 0 Å². The summed E-state index contributed by atoms with van der Waals surface area (Å²) >= 11 is 0. The molecule has 80 valence electrons. The fraction of sp³-hybridized carbons (Fsp3) is 0.900. The van der Waals surface area contributed by atoms with Gasteiger partial charge in [0.25, 0.3) is 0 Å². The molecule has 4 heteroatoms. The molecule has 0 spiro atoms. The van der Waals surface area contributed by atoms with Gasteiger partial charge in [0.15, 0.2) is 0 Å². The van der Waals surface area contributed by atoms with Crippen LogP contribution in [0.4, 0.5) is 4.79 Å². The maximum absolute atomic E-state index is 11.4. The third-order valence-electron chi connectivity index (χ3n) is 2.79. The molecule has 1 saturated carbocycles. The number of carbonyl (C=O) groups excluding carboxylic acids is 1. The Kier molecular flexibility index (Phi) is 2.91. The quantitative estimate of drug-likeness (QED) is 0.711. The Labute approximate surface area is 84.4 Å². The van der Waals surface area contributed by atoms with E-state index in [-0.39, 0.29) is 18.2 Å². The van der Waals surface area contributed by atoms with Crippen molar-refractivity contribution in [2.45, 2.75) is 50.8 Å². The van der Waals surface area contributed by atoms with Crippen molar-refractivity contribution in [2.75, 3.05) is 6.61 Å². The van der Waals surface area contributed by atoms with Crippen LogP contribution in [0, 0.1) is 0 Å². The number of hydrogen-bond donors (Lipinski definition) is 2. The van der Waals surface area contributed by atoms with Gasteiger partial charge in [0, 0.05) is 12.6 Å². The molecule has 0 radical (unpaired) electrons. The minimum atomic E-state index is -0.0458. The second-order valence-electron chi connectivity index (χ2n) is 4.23. The van der Waals surface area contributed by atoms with Crippen LogP contribution < -0.4 is 10.6 Å². The van der Waals surface area contributed by atoms with Crippen molar-refractivity contribution >= 4 is 6.03 Å². The molecule has 2 rings (SSSR count). The van der Waals surface area contributed by atoms with E-state index in [1.807, 2.05) is 6.92 Å². The number of nitrogens with one attached hydrogen (secondary N) is 2. The molecule has 1 heterocycles. The molecule has 2 atom stereocenters. The van der Waals surface area contributed by atoms with Crippen LogP contribution in [-0.2, 0) is 4.74 Å². The van der Waals surface area contributed by atoms with Gasteiger partial charge in [-0.25, -0.2) is 4.79 Å². The monoisotopic (exact) mass is 198 g/mol. The van der Waals surface area contributed by atoms with E-state index in [2.05, 4.69) is 10.6 Å². The number of urea groups is 1. The lowest BCUT2D eigenvalue weighted by atomic mass is 10.1.